The molecule has 0 spiro atoms. The van der Waals surface area contributed by atoms with Gasteiger partial charge in [0.15, 0.2) is 11.9 Å². The number of halogens is 4. The number of rotatable bonds is 8. The van der Waals surface area contributed by atoms with Crippen molar-refractivity contribution < 1.29 is 47.2 Å². The molecule has 4 rings (SSSR count). The molecule has 36 heavy (non-hydrogen) atoms. The Labute approximate surface area is 205 Å². The normalized spacial score (nSPS) is 22.9. The number of aliphatic hydroxyl groups excluding tert-OH is 2. The standard InChI is InChI=1S/C19H20ClF3N5O7P/c20-18-26-15(24-5-9-2-1-3-10(4-9)19(21,22)23)11-6-25-28(16(11)27-18)17-14(30)13(29)12(35-17)7-34-8-36(31,32)33/h1-4,6,12-14,17,29-30H,5,7-8H2,(H,24,26,27)(H2,31,32,33)/t12-,13-,14-,17-/m1/s1. The monoisotopic (exact) mass is 553 g/mol. The highest BCUT2D eigenvalue weighted by Crippen LogP contribution is 2.36. The average molecular weight is 554 g/mol. The molecule has 2 aromatic heterocycles. The predicted octanol–water partition coefficient (Wildman–Crippen LogP) is 1.88. The lowest BCUT2D eigenvalue weighted by Crippen LogP contribution is -2.34. The van der Waals surface area contributed by atoms with Crippen LogP contribution < -0.4 is 5.32 Å². The van der Waals surface area contributed by atoms with Crippen LogP contribution in [-0.4, -0.2) is 71.0 Å². The molecule has 12 nitrogen and oxygen atoms in total. The molecule has 17 heteroatoms. The summed E-state index contributed by atoms with van der Waals surface area (Å²) >= 11 is 6.03. The lowest BCUT2D eigenvalue weighted by molar-refractivity contribution is -0.137. The molecule has 1 fully saturated rings. The quantitative estimate of drug-likeness (QED) is 0.204. The lowest BCUT2D eigenvalue weighted by atomic mass is 10.1. The summed E-state index contributed by atoms with van der Waals surface area (Å²) in [4.78, 5) is 25.9. The van der Waals surface area contributed by atoms with E-state index < -0.39 is 56.8 Å². The fourth-order valence-corrected chi connectivity index (χ4v) is 4.13. The van der Waals surface area contributed by atoms with Gasteiger partial charge in [-0.1, -0.05) is 12.1 Å². The molecule has 3 heterocycles. The van der Waals surface area contributed by atoms with E-state index in [9.17, 15) is 27.9 Å². The summed E-state index contributed by atoms with van der Waals surface area (Å²) in [6.07, 6.45) is -9.44. The van der Waals surface area contributed by atoms with Crippen molar-refractivity contribution in [1.29, 1.82) is 0 Å². The van der Waals surface area contributed by atoms with Crippen LogP contribution in [0.15, 0.2) is 30.5 Å². The van der Waals surface area contributed by atoms with E-state index in [1.165, 1.54) is 18.3 Å². The minimum absolute atomic E-state index is 0.0300. The van der Waals surface area contributed by atoms with Crippen molar-refractivity contribution in [2.24, 2.45) is 0 Å². The number of benzene rings is 1. The van der Waals surface area contributed by atoms with E-state index in [1.54, 1.807) is 0 Å². The molecule has 4 atom stereocenters. The Morgan fingerprint density at radius 3 is 2.67 bits per heavy atom. The molecule has 5 N–H and O–H groups in total. The fraction of sp³-hybridized carbons (Fsp3) is 0.421. The molecule has 1 aliphatic rings. The zero-order valence-corrected chi connectivity index (χ0v) is 19.7. The maximum Gasteiger partial charge on any atom is 0.416 e. The second kappa shape index (κ2) is 10.2. The predicted molar refractivity (Wildman–Crippen MR) is 118 cm³/mol. The van der Waals surface area contributed by atoms with Gasteiger partial charge in [0.2, 0.25) is 5.28 Å². The number of alkyl halides is 3. The maximum absolute atomic E-state index is 13.0. The van der Waals surface area contributed by atoms with E-state index in [1.807, 2.05) is 0 Å². The Kier molecular flexibility index (Phi) is 7.55. The number of ether oxygens (including phenoxy) is 2. The van der Waals surface area contributed by atoms with Crippen molar-refractivity contribution in [1.82, 2.24) is 19.7 Å². The number of fused-ring (bicyclic) bond motifs is 1. The number of aromatic nitrogens is 4. The molecule has 196 valence electrons. The van der Waals surface area contributed by atoms with Crippen molar-refractivity contribution in [3.05, 3.63) is 46.9 Å². The smallest absolute Gasteiger partial charge is 0.387 e. The minimum atomic E-state index is -4.49. The molecular weight excluding hydrogens is 534 g/mol. The summed E-state index contributed by atoms with van der Waals surface area (Å²) < 4.78 is 61.5. The summed E-state index contributed by atoms with van der Waals surface area (Å²) in [5.41, 5.74) is -0.378. The van der Waals surface area contributed by atoms with Crippen LogP contribution in [0.3, 0.4) is 0 Å². The van der Waals surface area contributed by atoms with E-state index in [0.717, 1.165) is 16.8 Å². The third-order valence-corrected chi connectivity index (χ3v) is 5.95. The van der Waals surface area contributed by atoms with Crippen LogP contribution in [-0.2, 0) is 26.8 Å². The largest absolute Gasteiger partial charge is 0.416 e. The third kappa shape index (κ3) is 5.95. The van der Waals surface area contributed by atoms with Gasteiger partial charge in [-0.15, -0.1) is 0 Å². The van der Waals surface area contributed by atoms with Crippen molar-refractivity contribution in [2.45, 2.75) is 37.3 Å². The first-order valence-electron chi connectivity index (χ1n) is 10.3. The first kappa shape index (κ1) is 26.7. The zero-order valence-electron chi connectivity index (χ0n) is 18.1. The minimum Gasteiger partial charge on any atom is -0.387 e. The molecule has 0 radical (unpaired) electrons. The highest BCUT2D eigenvalue weighted by molar-refractivity contribution is 7.51. The molecule has 3 aromatic rings. The van der Waals surface area contributed by atoms with Gasteiger partial charge < -0.3 is 34.8 Å². The van der Waals surface area contributed by atoms with Crippen LogP contribution in [0.5, 0.6) is 0 Å². The summed E-state index contributed by atoms with van der Waals surface area (Å²) in [5.74, 6) is 0.156. The SMILES string of the molecule is O=P(O)(O)COC[C@H]1O[C@@H](n2ncc3c(NCc4cccc(C(F)(F)F)c4)nc(Cl)nc32)[C@H](O)[C@@H]1O. The van der Waals surface area contributed by atoms with Gasteiger partial charge >= 0.3 is 13.8 Å². The molecule has 1 saturated heterocycles. The summed E-state index contributed by atoms with van der Waals surface area (Å²) in [6.45, 7) is -0.448. The third-order valence-electron chi connectivity index (χ3n) is 5.26. The van der Waals surface area contributed by atoms with Gasteiger partial charge in [-0.05, 0) is 29.3 Å². The Bertz CT molecular complexity index is 1290. The number of nitrogens with one attached hydrogen (secondary N) is 1. The molecule has 0 amide bonds. The Morgan fingerprint density at radius 1 is 1.22 bits per heavy atom. The topological polar surface area (TPSA) is 172 Å². The van der Waals surface area contributed by atoms with Crippen LogP contribution in [0, 0.1) is 0 Å². The second-order valence-electron chi connectivity index (χ2n) is 7.93. The maximum atomic E-state index is 13.0. The Hall–Kier alpha value is -2.36. The summed E-state index contributed by atoms with van der Waals surface area (Å²) in [6, 6.07) is 4.74. The van der Waals surface area contributed by atoms with E-state index in [0.29, 0.717) is 10.9 Å². The Morgan fingerprint density at radius 2 is 1.97 bits per heavy atom. The van der Waals surface area contributed by atoms with Crippen molar-refractivity contribution in [2.75, 3.05) is 18.3 Å². The van der Waals surface area contributed by atoms with Gasteiger partial charge in [-0.2, -0.15) is 28.2 Å². The number of hydrogen-bond donors (Lipinski definition) is 5. The van der Waals surface area contributed by atoms with Crippen LogP contribution in [0.4, 0.5) is 19.0 Å². The molecule has 0 saturated carbocycles. The van der Waals surface area contributed by atoms with E-state index in [4.69, 9.17) is 30.9 Å². The van der Waals surface area contributed by atoms with Gasteiger partial charge in [0, 0.05) is 6.54 Å². The van der Waals surface area contributed by atoms with Gasteiger partial charge in [0.1, 0.15) is 30.5 Å². The van der Waals surface area contributed by atoms with Crippen molar-refractivity contribution in [3.8, 4) is 0 Å². The van der Waals surface area contributed by atoms with Crippen LogP contribution in [0.2, 0.25) is 5.28 Å². The van der Waals surface area contributed by atoms with E-state index in [2.05, 4.69) is 20.4 Å². The van der Waals surface area contributed by atoms with Gasteiger partial charge in [0.25, 0.3) is 0 Å². The van der Waals surface area contributed by atoms with Gasteiger partial charge in [-0.3, -0.25) is 4.57 Å². The van der Waals surface area contributed by atoms with Crippen LogP contribution in [0.1, 0.15) is 17.4 Å². The van der Waals surface area contributed by atoms with Crippen LogP contribution >= 0.6 is 19.2 Å². The first-order chi connectivity index (χ1) is 16.8. The van der Waals surface area contributed by atoms with Crippen molar-refractivity contribution in [3.63, 3.8) is 0 Å². The molecule has 0 bridgehead atoms. The van der Waals surface area contributed by atoms with Crippen molar-refractivity contribution >= 4 is 36.0 Å². The fourth-order valence-electron chi connectivity index (χ4n) is 3.62. The van der Waals surface area contributed by atoms with Crippen LogP contribution in [0.25, 0.3) is 11.0 Å². The number of hydrogen-bond acceptors (Lipinski definition) is 9. The highest BCUT2D eigenvalue weighted by atomic mass is 35.5. The van der Waals surface area contributed by atoms with Gasteiger partial charge in [-0.25, -0.2) is 4.68 Å². The molecule has 1 aliphatic heterocycles. The molecule has 0 aliphatic carbocycles. The number of aliphatic hydroxyl groups is 2. The first-order valence-corrected chi connectivity index (χ1v) is 12.5. The molecule has 1 aromatic carbocycles. The Balaban J connectivity index is 1.54. The summed E-state index contributed by atoms with van der Waals surface area (Å²) in [7, 11) is -4.44. The lowest BCUT2D eigenvalue weighted by Gasteiger charge is -2.16. The molecular formula is C19H20ClF3N5O7P. The van der Waals surface area contributed by atoms with E-state index >= 15 is 0 Å². The number of nitrogens with zero attached hydrogens (tertiary/aromatic N) is 4. The van der Waals surface area contributed by atoms with E-state index in [-0.39, 0.29) is 23.3 Å². The number of anilines is 1. The zero-order chi connectivity index (χ0) is 26.3. The second-order valence-corrected chi connectivity index (χ2v) is 9.86. The summed E-state index contributed by atoms with van der Waals surface area (Å²) in [5, 5.41) is 27.9. The molecule has 0 unspecified atom stereocenters. The highest BCUT2D eigenvalue weighted by Gasteiger charge is 2.45. The average Bonchev–Trinajstić information content (AvgIpc) is 3.32. The van der Waals surface area contributed by atoms with Gasteiger partial charge in [0.05, 0.1) is 23.8 Å².